The highest BCUT2D eigenvalue weighted by molar-refractivity contribution is 7.86. The van der Waals surface area contributed by atoms with Gasteiger partial charge in [0.05, 0.1) is 11.8 Å². The van der Waals surface area contributed by atoms with Crippen molar-refractivity contribution in [2.45, 2.75) is 25.3 Å². The fourth-order valence-corrected chi connectivity index (χ4v) is 4.95. The number of nitrogens with zero attached hydrogens (tertiary/aromatic N) is 4. The van der Waals surface area contributed by atoms with Crippen LogP contribution in [0.15, 0.2) is 23.0 Å². The first kappa shape index (κ1) is 19.3. The van der Waals surface area contributed by atoms with Crippen molar-refractivity contribution in [3.63, 3.8) is 0 Å². The number of rotatable bonds is 7. The van der Waals surface area contributed by atoms with E-state index in [-0.39, 0.29) is 11.9 Å². The van der Waals surface area contributed by atoms with Crippen LogP contribution in [0.2, 0.25) is 0 Å². The lowest BCUT2D eigenvalue weighted by molar-refractivity contribution is 0.0783. The van der Waals surface area contributed by atoms with E-state index in [4.69, 9.17) is 4.42 Å². The van der Waals surface area contributed by atoms with Gasteiger partial charge in [0.15, 0.2) is 0 Å². The molecule has 0 aromatic carbocycles. The Morgan fingerprint density at radius 3 is 2.62 bits per heavy atom. The maximum Gasteiger partial charge on any atom is 0.281 e. The van der Waals surface area contributed by atoms with Gasteiger partial charge in [-0.1, -0.05) is 0 Å². The molecule has 2 aliphatic heterocycles. The molecule has 3 rings (SSSR count). The van der Waals surface area contributed by atoms with Gasteiger partial charge in [-0.05, 0) is 38.4 Å². The molecular weight excluding hydrogens is 356 g/mol. The van der Waals surface area contributed by atoms with E-state index in [0.29, 0.717) is 31.6 Å². The first-order valence-corrected chi connectivity index (χ1v) is 10.5. The summed E-state index contributed by atoms with van der Waals surface area (Å²) in [5.41, 5.74) is 0.504. The van der Waals surface area contributed by atoms with Crippen LogP contribution in [-0.4, -0.2) is 92.1 Å². The van der Waals surface area contributed by atoms with Gasteiger partial charge >= 0.3 is 0 Å². The molecule has 1 unspecified atom stereocenters. The summed E-state index contributed by atoms with van der Waals surface area (Å²) in [5, 5.41) is 0. The van der Waals surface area contributed by atoms with E-state index in [1.165, 1.54) is 29.7 Å². The van der Waals surface area contributed by atoms with Crippen LogP contribution >= 0.6 is 0 Å². The zero-order chi connectivity index (χ0) is 18.7. The van der Waals surface area contributed by atoms with E-state index in [0.717, 1.165) is 19.6 Å². The van der Waals surface area contributed by atoms with Gasteiger partial charge in [0.25, 0.3) is 16.1 Å². The Hall–Kier alpha value is -1.42. The van der Waals surface area contributed by atoms with Crippen molar-refractivity contribution >= 4 is 16.1 Å². The topological polar surface area (TPSA) is 77.3 Å². The van der Waals surface area contributed by atoms with Crippen molar-refractivity contribution in [2.24, 2.45) is 0 Å². The average Bonchev–Trinajstić information content (AvgIpc) is 3.36. The Kier molecular flexibility index (Phi) is 6.01. The van der Waals surface area contributed by atoms with Gasteiger partial charge in [-0.25, -0.2) is 0 Å². The highest BCUT2D eigenvalue weighted by Crippen LogP contribution is 2.22. The fraction of sp³-hybridized carbons (Fsp3) is 0.706. The molecule has 146 valence electrons. The Bertz CT molecular complexity index is 698. The lowest BCUT2D eigenvalue weighted by Crippen LogP contribution is -2.50. The van der Waals surface area contributed by atoms with Gasteiger partial charge < -0.3 is 14.2 Å². The second-order valence-corrected chi connectivity index (χ2v) is 9.25. The van der Waals surface area contributed by atoms with E-state index in [1.54, 1.807) is 29.4 Å². The van der Waals surface area contributed by atoms with Crippen molar-refractivity contribution in [2.75, 3.05) is 53.4 Å². The van der Waals surface area contributed by atoms with Gasteiger partial charge in [-0.15, -0.1) is 0 Å². The second-order valence-electron chi connectivity index (χ2n) is 7.16. The molecule has 1 amide bonds. The third-order valence-corrected chi connectivity index (χ3v) is 7.22. The third-order valence-electron chi connectivity index (χ3n) is 5.22. The molecule has 26 heavy (non-hydrogen) atoms. The standard InChI is InChI=1S/C17H28N4O4S/c1-18(2)26(23,24)21(11-10-19-7-3-4-8-19)16-5-9-20(13-16)17(22)15-6-12-25-14-15/h6,12,14,16H,3-5,7-11,13H2,1-2H3. The summed E-state index contributed by atoms with van der Waals surface area (Å²) in [5.74, 6) is -0.108. The zero-order valence-electron chi connectivity index (χ0n) is 15.5. The molecule has 9 heteroatoms. The highest BCUT2D eigenvalue weighted by atomic mass is 32.2. The SMILES string of the molecule is CN(C)S(=O)(=O)N(CCN1CCCC1)C1CCN(C(=O)c2ccoc2)C1. The summed E-state index contributed by atoms with van der Waals surface area (Å²) >= 11 is 0. The van der Waals surface area contributed by atoms with Gasteiger partial charge in [0.2, 0.25) is 0 Å². The maximum absolute atomic E-state index is 12.8. The van der Waals surface area contributed by atoms with Crippen molar-refractivity contribution in [3.8, 4) is 0 Å². The van der Waals surface area contributed by atoms with Crippen LogP contribution < -0.4 is 0 Å². The molecule has 2 fully saturated rings. The molecule has 2 aliphatic rings. The predicted octanol–water partition coefficient (Wildman–Crippen LogP) is 0.698. The Morgan fingerprint density at radius 2 is 2.00 bits per heavy atom. The summed E-state index contributed by atoms with van der Waals surface area (Å²) in [7, 11) is -0.419. The Labute approximate surface area is 155 Å². The monoisotopic (exact) mass is 384 g/mol. The van der Waals surface area contributed by atoms with Gasteiger partial charge in [0, 0.05) is 46.3 Å². The molecule has 1 aromatic rings. The molecule has 2 saturated heterocycles. The van der Waals surface area contributed by atoms with Crippen LogP contribution in [0.3, 0.4) is 0 Å². The molecule has 0 bridgehead atoms. The van der Waals surface area contributed by atoms with Gasteiger partial charge in [-0.2, -0.15) is 17.0 Å². The summed E-state index contributed by atoms with van der Waals surface area (Å²) < 4.78 is 33.5. The van der Waals surface area contributed by atoms with Crippen LogP contribution in [0.1, 0.15) is 29.6 Å². The van der Waals surface area contributed by atoms with Crippen LogP contribution in [0.25, 0.3) is 0 Å². The molecular formula is C17H28N4O4S. The van der Waals surface area contributed by atoms with Crippen LogP contribution in [-0.2, 0) is 10.2 Å². The molecule has 1 aromatic heterocycles. The van der Waals surface area contributed by atoms with Crippen LogP contribution in [0.4, 0.5) is 0 Å². The lowest BCUT2D eigenvalue weighted by Gasteiger charge is -2.31. The summed E-state index contributed by atoms with van der Waals surface area (Å²) in [6.07, 6.45) is 5.90. The summed E-state index contributed by atoms with van der Waals surface area (Å²) in [4.78, 5) is 16.5. The molecule has 0 saturated carbocycles. The number of likely N-dealkylation sites (tertiary alicyclic amines) is 2. The molecule has 1 atom stereocenters. The van der Waals surface area contributed by atoms with Crippen molar-refractivity contribution < 1.29 is 17.6 Å². The maximum atomic E-state index is 12.8. The van der Waals surface area contributed by atoms with Crippen molar-refractivity contribution in [1.82, 2.24) is 18.4 Å². The molecule has 0 N–H and O–H groups in total. The van der Waals surface area contributed by atoms with Crippen LogP contribution in [0, 0.1) is 0 Å². The predicted molar refractivity (Wildman–Crippen MR) is 98.0 cm³/mol. The second kappa shape index (κ2) is 8.08. The number of carbonyl (C=O) groups is 1. The number of hydrogen-bond acceptors (Lipinski definition) is 5. The largest absolute Gasteiger partial charge is 0.472 e. The van der Waals surface area contributed by atoms with Crippen molar-refractivity contribution in [1.29, 1.82) is 0 Å². The van der Waals surface area contributed by atoms with Crippen LogP contribution in [0.5, 0.6) is 0 Å². The normalized spacial score (nSPS) is 22.0. The molecule has 8 nitrogen and oxygen atoms in total. The minimum atomic E-state index is -3.53. The molecule has 0 aliphatic carbocycles. The number of carbonyl (C=O) groups excluding carboxylic acids is 1. The van der Waals surface area contributed by atoms with E-state index >= 15 is 0 Å². The molecule has 0 radical (unpaired) electrons. The Morgan fingerprint density at radius 1 is 1.27 bits per heavy atom. The van der Waals surface area contributed by atoms with E-state index in [1.807, 2.05) is 0 Å². The van der Waals surface area contributed by atoms with Crippen molar-refractivity contribution in [3.05, 3.63) is 24.2 Å². The fourth-order valence-electron chi connectivity index (χ4n) is 3.67. The smallest absolute Gasteiger partial charge is 0.281 e. The first-order valence-electron chi connectivity index (χ1n) is 9.12. The van der Waals surface area contributed by atoms with Gasteiger partial charge in [0.1, 0.15) is 6.26 Å². The summed E-state index contributed by atoms with van der Waals surface area (Å²) in [6.45, 7) is 4.23. The minimum absolute atomic E-state index is 0.108. The Balaban J connectivity index is 1.69. The average molecular weight is 385 g/mol. The lowest BCUT2D eigenvalue weighted by atomic mass is 10.2. The minimum Gasteiger partial charge on any atom is -0.472 e. The first-order chi connectivity index (χ1) is 12.4. The highest BCUT2D eigenvalue weighted by Gasteiger charge is 2.38. The third kappa shape index (κ3) is 4.11. The van der Waals surface area contributed by atoms with E-state index in [2.05, 4.69) is 4.90 Å². The van der Waals surface area contributed by atoms with Gasteiger partial charge in [-0.3, -0.25) is 4.79 Å². The molecule has 3 heterocycles. The summed E-state index contributed by atoms with van der Waals surface area (Å²) in [6, 6.07) is 1.44. The van der Waals surface area contributed by atoms with E-state index in [9.17, 15) is 13.2 Å². The number of furan rings is 1. The van der Waals surface area contributed by atoms with E-state index < -0.39 is 10.2 Å². The molecule has 0 spiro atoms. The zero-order valence-corrected chi connectivity index (χ0v) is 16.3. The number of amides is 1. The quantitative estimate of drug-likeness (QED) is 0.692. The number of hydrogen-bond donors (Lipinski definition) is 0.